The summed E-state index contributed by atoms with van der Waals surface area (Å²) in [7, 11) is 0. The van der Waals surface area contributed by atoms with Gasteiger partial charge in [0, 0.05) is 50.5 Å². The molecule has 118 heavy (non-hydrogen) atoms. The van der Waals surface area contributed by atoms with E-state index in [9.17, 15) is 81.8 Å². The molecule has 0 saturated heterocycles. The summed E-state index contributed by atoms with van der Waals surface area (Å²) in [6.07, 6.45) is -1.61. The zero-order valence-corrected chi connectivity index (χ0v) is 68.3. The van der Waals surface area contributed by atoms with E-state index in [1.54, 1.807) is 88.4 Å². The van der Waals surface area contributed by atoms with Gasteiger partial charge in [0.1, 0.15) is 60.4 Å². The zero-order valence-electron chi connectivity index (χ0n) is 66.5. The molecule has 0 unspecified atom stereocenters. The normalized spacial score (nSPS) is 13.9. The van der Waals surface area contributed by atoms with E-state index in [0.717, 1.165) is 0 Å². The van der Waals surface area contributed by atoms with Gasteiger partial charge in [-0.2, -0.15) is 25.3 Å². The molecule has 46 heteroatoms. The van der Waals surface area contributed by atoms with Gasteiger partial charge in [0.05, 0.1) is 31.6 Å². The average molecular weight is 1700 g/mol. The number of primary amides is 1. The molecule has 2 aromatic carbocycles. The molecule has 0 saturated carbocycles. The van der Waals surface area contributed by atoms with Gasteiger partial charge in [0.25, 0.3) is 5.91 Å². The third-order valence-electron chi connectivity index (χ3n) is 17.2. The van der Waals surface area contributed by atoms with Crippen LogP contribution in [0.15, 0.2) is 60.7 Å². The molecule has 0 aromatic heterocycles. The van der Waals surface area contributed by atoms with Crippen LogP contribution in [0.4, 0.5) is 0 Å². The Balaban J connectivity index is 2.39. The zero-order chi connectivity index (χ0) is 88.7. The molecule has 0 aliphatic heterocycles. The molecule has 0 radical (unpaired) electrons. The summed E-state index contributed by atoms with van der Waals surface area (Å²) < 4.78 is 0. The number of Topliss-reactive ketones (excluding diaryl/α,β-unsaturated/α-hetero) is 1. The number of guanidine groups is 4. The maximum absolute atomic E-state index is 14.5. The number of hydrogen-bond acceptors (Lipinski definition) is 23. The third-order valence-corrected chi connectivity index (χ3v) is 18.0. The van der Waals surface area contributed by atoms with Gasteiger partial charge in [-0.05, 0) is 94.1 Å². The molecular weight excluding hydrogens is 1580 g/mol. The molecule has 0 bridgehead atoms. The van der Waals surface area contributed by atoms with Crippen LogP contribution in [0, 0.1) is 33.5 Å². The van der Waals surface area contributed by atoms with Gasteiger partial charge in [-0.3, -0.25) is 98.3 Å². The number of thiol groups is 2. The summed E-state index contributed by atoms with van der Waals surface area (Å²) in [6, 6.07) is -0.908. The van der Waals surface area contributed by atoms with Crippen molar-refractivity contribution in [3.05, 3.63) is 71.8 Å². The van der Waals surface area contributed by atoms with E-state index in [2.05, 4.69) is 116 Å². The highest BCUT2D eigenvalue weighted by Gasteiger charge is 2.37. The Hall–Kier alpha value is -12.1. The van der Waals surface area contributed by atoms with Crippen molar-refractivity contribution in [2.75, 3.05) is 50.8 Å². The standard InChI is InChI=1S/C72H117N27O17S2/c1-37(2)28-46(94-61(109)44(22-14-26-85-71(79)80)90-54(101)34-87-53(100)33-88-60(108)48(30-40-16-8-6-9-17-40)93-58(106)39(5)89-67(115)51(35-117)98-59(107)42(73)20-12-24-83-69(75)76)63(111)97-50(32-55(102)103)66(114)92-45(23-15-27-86-72(81)82)62(110)95-47(29-38(3)4)64(112)99-52(36-118)68(116)96-49(31-41-18-10-7-11-19-41)65(113)91-43(56(104)57(74)105)21-13-25-84-70(77)78/h6-11,16-19,37-39,42-52,117-118H,12-15,20-36,73H2,1-5H3,(H2,74,105)(H,87,100)(H,88,108)(H,89,115)(H,90,101)(H,91,113)(H,92,114)(H,93,106)(H,94,109)(H,95,110)(H,96,116)(H,97,111)(H,98,107)(H,99,112)(H,102,103)(H4,75,76,83)(H4,77,78,84)(H4,79,80,85)(H4,81,82,86)/t39-,42+,43+,44+,45+,46+,47+,48+,49+,50+,51+,52+/m1/s1. The molecule has 0 aliphatic carbocycles. The summed E-state index contributed by atoms with van der Waals surface area (Å²) in [5.41, 5.74) is 34.0. The first-order chi connectivity index (χ1) is 55.6. The minimum Gasteiger partial charge on any atom is -0.481 e. The van der Waals surface area contributed by atoms with Gasteiger partial charge >= 0.3 is 5.97 Å². The highest BCUT2D eigenvalue weighted by Crippen LogP contribution is 2.14. The van der Waals surface area contributed by atoms with Crippen LogP contribution in [-0.2, 0) is 89.6 Å². The van der Waals surface area contributed by atoms with E-state index in [4.69, 9.17) is 56.0 Å². The molecule has 654 valence electrons. The molecular formula is C72H117N27O17S2. The number of hydrogen-bond donors (Lipinski definition) is 30. The number of rotatable bonds is 56. The predicted octanol–water partition coefficient (Wildman–Crippen LogP) is -8.08. The molecule has 44 nitrogen and oxygen atoms in total. The Morgan fingerprint density at radius 1 is 0.356 bits per heavy atom. The van der Waals surface area contributed by atoms with Crippen LogP contribution in [0.3, 0.4) is 0 Å². The molecule has 0 aliphatic rings. The SMILES string of the molecule is CC(C)C[C@H](NC(=O)[C@H](CCCNC(=N)N)NC(=O)CNC(=O)CNC(=O)[C@H](Cc1ccccc1)NC(=O)[C@@H](C)NC(=O)[C@H](CS)NC(=O)[C@@H](N)CCCNC(=N)N)C(=O)N[C@@H](CC(=O)O)C(=O)N[C@@H](CCCNC(=N)N)C(=O)N[C@@H](CC(C)C)C(=O)N[C@@H](CS)C(=O)N[C@@H](Cc1ccccc1)C(=O)N[C@@H](CCCNC(=N)N)C(=O)C(N)=O. The van der Waals surface area contributed by atoms with Crippen LogP contribution in [0.25, 0.3) is 0 Å². The average Bonchev–Trinajstić information content (AvgIpc) is 0.851. The number of amides is 14. The van der Waals surface area contributed by atoms with Crippen LogP contribution < -0.4 is 125 Å². The number of ketones is 1. The van der Waals surface area contributed by atoms with E-state index in [1.165, 1.54) is 6.92 Å². The first kappa shape index (κ1) is 102. The Bertz CT molecular complexity index is 3780. The number of carbonyl (C=O) groups excluding carboxylic acids is 15. The summed E-state index contributed by atoms with van der Waals surface area (Å²) >= 11 is 8.46. The molecule has 2 rings (SSSR count). The van der Waals surface area contributed by atoms with E-state index < -0.39 is 210 Å². The van der Waals surface area contributed by atoms with Crippen molar-refractivity contribution in [1.82, 2.24) is 90.4 Å². The van der Waals surface area contributed by atoms with E-state index in [1.807, 2.05) is 0 Å². The molecule has 0 heterocycles. The van der Waals surface area contributed by atoms with E-state index >= 15 is 0 Å². The molecule has 0 fully saturated rings. The number of carboxylic acids is 1. The molecule has 12 atom stereocenters. The Morgan fingerprint density at radius 3 is 1.10 bits per heavy atom. The smallest absolute Gasteiger partial charge is 0.305 e. The monoisotopic (exact) mass is 1700 g/mol. The third kappa shape index (κ3) is 42.0. The second-order valence-corrected chi connectivity index (χ2v) is 29.0. The lowest BCUT2D eigenvalue weighted by molar-refractivity contribution is -0.141. The van der Waals surface area contributed by atoms with E-state index in [0.29, 0.717) is 17.5 Å². The van der Waals surface area contributed by atoms with Crippen LogP contribution in [0.2, 0.25) is 0 Å². The fourth-order valence-electron chi connectivity index (χ4n) is 11.2. The number of benzene rings is 2. The van der Waals surface area contributed by atoms with E-state index in [-0.39, 0.29) is 120 Å². The molecule has 0 spiro atoms. The predicted molar refractivity (Wildman–Crippen MR) is 441 cm³/mol. The fraction of sp³-hybridized carbons (Fsp3) is 0.556. The second kappa shape index (κ2) is 54.7. The van der Waals surface area contributed by atoms with Crippen molar-refractivity contribution < 1.29 is 81.8 Å². The maximum atomic E-state index is 14.5. The van der Waals surface area contributed by atoms with Gasteiger partial charge in [0.2, 0.25) is 82.6 Å². The van der Waals surface area contributed by atoms with Crippen LogP contribution in [0.1, 0.15) is 116 Å². The van der Waals surface area contributed by atoms with Crippen molar-refractivity contribution in [3.8, 4) is 0 Å². The van der Waals surface area contributed by atoms with Crippen molar-refractivity contribution in [2.24, 2.45) is 46.2 Å². The number of nitrogens with one attached hydrogen (secondary N) is 21. The summed E-state index contributed by atoms with van der Waals surface area (Å²) in [4.78, 5) is 218. The Morgan fingerprint density at radius 2 is 0.678 bits per heavy atom. The Labute approximate surface area is 693 Å². The largest absolute Gasteiger partial charge is 0.481 e. The molecule has 34 N–H and O–H groups in total. The topological polar surface area (TPSA) is 749 Å². The second-order valence-electron chi connectivity index (χ2n) is 28.3. The van der Waals surface area contributed by atoms with Gasteiger partial charge in [-0.15, -0.1) is 0 Å². The first-order valence-electron chi connectivity index (χ1n) is 37.9. The minimum absolute atomic E-state index is 0.00320. The van der Waals surface area contributed by atoms with Gasteiger partial charge in [-0.1, -0.05) is 88.4 Å². The molecule has 14 amide bonds. The summed E-state index contributed by atoms with van der Waals surface area (Å²) in [5.74, 6) is -19.4. The van der Waals surface area contributed by atoms with Crippen LogP contribution in [-0.4, -0.2) is 247 Å². The quantitative estimate of drug-likeness (QED) is 0.00961. The maximum Gasteiger partial charge on any atom is 0.305 e. The van der Waals surface area contributed by atoms with Crippen molar-refractivity contribution in [2.45, 2.75) is 191 Å². The van der Waals surface area contributed by atoms with Gasteiger partial charge < -0.3 is 130 Å². The number of nitrogens with two attached hydrogens (primary N) is 6. The summed E-state index contributed by atoms with van der Waals surface area (Å²) in [6.45, 7) is 6.76. The first-order valence-corrected chi connectivity index (χ1v) is 39.2. The lowest BCUT2D eigenvalue weighted by Crippen LogP contribution is -2.61. The number of carboxylic acid groups (broad SMARTS) is 1. The van der Waals surface area contributed by atoms with Crippen LogP contribution in [0.5, 0.6) is 0 Å². The highest BCUT2D eigenvalue weighted by molar-refractivity contribution is 7.80. The van der Waals surface area contributed by atoms with Crippen LogP contribution >= 0.6 is 25.3 Å². The highest BCUT2D eigenvalue weighted by atomic mass is 32.1. The number of carbonyl (C=O) groups is 16. The fourth-order valence-corrected chi connectivity index (χ4v) is 11.7. The minimum atomic E-state index is -1.99. The van der Waals surface area contributed by atoms with Crippen molar-refractivity contribution in [1.29, 1.82) is 21.6 Å². The summed E-state index contributed by atoms with van der Waals surface area (Å²) in [5, 5.41) is 82.4. The van der Waals surface area contributed by atoms with Gasteiger partial charge in [-0.25, -0.2) is 0 Å². The van der Waals surface area contributed by atoms with Gasteiger partial charge in [0.15, 0.2) is 23.8 Å². The Kier molecular flexibility index (Phi) is 47.3. The molecule has 2 aromatic rings. The number of aliphatic carboxylic acids is 1. The van der Waals surface area contributed by atoms with Crippen molar-refractivity contribution >= 4 is 144 Å². The lowest BCUT2D eigenvalue weighted by atomic mass is 10.0. The van der Waals surface area contributed by atoms with Crippen molar-refractivity contribution in [3.63, 3.8) is 0 Å². The lowest BCUT2D eigenvalue weighted by Gasteiger charge is -2.28.